The summed E-state index contributed by atoms with van der Waals surface area (Å²) in [6, 6.07) is 4.12. The summed E-state index contributed by atoms with van der Waals surface area (Å²) in [5.41, 5.74) is 0. The number of aliphatic imine (C=N–C) groups is 1. The SMILES string of the molecule is CCCCN(CCC(C)N=C=S)c1cccnn1. The molecule has 0 fully saturated rings. The highest BCUT2D eigenvalue weighted by molar-refractivity contribution is 7.78. The van der Waals surface area contributed by atoms with Gasteiger partial charge in [0.25, 0.3) is 0 Å². The highest BCUT2D eigenvalue weighted by atomic mass is 32.1. The fraction of sp³-hybridized carbons (Fsp3) is 0.615. The van der Waals surface area contributed by atoms with Crippen molar-refractivity contribution in [2.24, 2.45) is 4.99 Å². The molecule has 1 aromatic rings. The van der Waals surface area contributed by atoms with E-state index in [4.69, 9.17) is 0 Å². The van der Waals surface area contributed by atoms with Gasteiger partial charge in [0.15, 0.2) is 5.82 Å². The predicted molar refractivity (Wildman–Crippen MR) is 78.3 cm³/mol. The van der Waals surface area contributed by atoms with Crippen LogP contribution in [0.25, 0.3) is 0 Å². The van der Waals surface area contributed by atoms with Crippen molar-refractivity contribution in [2.45, 2.75) is 39.2 Å². The van der Waals surface area contributed by atoms with Crippen LogP contribution in [0.5, 0.6) is 0 Å². The van der Waals surface area contributed by atoms with Gasteiger partial charge < -0.3 is 4.90 Å². The molecule has 0 radical (unpaired) electrons. The van der Waals surface area contributed by atoms with Crippen molar-refractivity contribution in [1.29, 1.82) is 0 Å². The first-order valence-corrected chi connectivity index (χ1v) is 6.78. The Bertz CT molecular complexity index is 376. The average molecular weight is 264 g/mol. The molecule has 1 unspecified atom stereocenters. The van der Waals surface area contributed by atoms with E-state index in [-0.39, 0.29) is 6.04 Å². The monoisotopic (exact) mass is 264 g/mol. The van der Waals surface area contributed by atoms with E-state index < -0.39 is 0 Å². The van der Waals surface area contributed by atoms with Crippen LogP contribution >= 0.6 is 12.2 Å². The standard InChI is InChI=1S/C13H20N4S/c1-3-4-9-17(10-7-12(2)14-11-18)13-6-5-8-15-16-13/h5-6,8,12H,3-4,7,9-10H2,1-2H3. The van der Waals surface area contributed by atoms with Gasteiger partial charge in [-0.05, 0) is 44.1 Å². The maximum absolute atomic E-state index is 4.62. The molecule has 1 atom stereocenters. The second kappa shape index (κ2) is 8.72. The van der Waals surface area contributed by atoms with Gasteiger partial charge in [0.05, 0.1) is 11.2 Å². The second-order valence-electron chi connectivity index (χ2n) is 4.28. The minimum atomic E-state index is 0.211. The zero-order valence-electron chi connectivity index (χ0n) is 11.0. The van der Waals surface area contributed by atoms with Crippen LogP contribution in [-0.2, 0) is 0 Å². The van der Waals surface area contributed by atoms with E-state index in [0.29, 0.717) is 0 Å². The predicted octanol–water partition coefficient (Wildman–Crippen LogP) is 2.96. The molecule has 0 N–H and O–H groups in total. The molecular formula is C13H20N4S. The molecule has 0 aliphatic carbocycles. The first-order chi connectivity index (χ1) is 8.77. The van der Waals surface area contributed by atoms with Gasteiger partial charge in [0, 0.05) is 19.3 Å². The molecular weight excluding hydrogens is 244 g/mol. The summed E-state index contributed by atoms with van der Waals surface area (Å²) in [5, 5.41) is 10.5. The topological polar surface area (TPSA) is 41.4 Å². The van der Waals surface area contributed by atoms with Gasteiger partial charge in [-0.2, -0.15) is 5.10 Å². The number of hydrogen-bond donors (Lipinski definition) is 0. The minimum Gasteiger partial charge on any atom is -0.355 e. The highest BCUT2D eigenvalue weighted by Crippen LogP contribution is 2.11. The summed E-state index contributed by atoms with van der Waals surface area (Å²) in [6.07, 6.45) is 4.97. The third kappa shape index (κ3) is 5.34. The Morgan fingerprint density at radius 1 is 1.50 bits per heavy atom. The van der Waals surface area contributed by atoms with E-state index in [1.807, 2.05) is 19.1 Å². The van der Waals surface area contributed by atoms with Gasteiger partial charge in [-0.25, -0.2) is 4.99 Å². The fourth-order valence-corrected chi connectivity index (χ4v) is 1.83. The van der Waals surface area contributed by atoms with Crippen LogP contribution in [0, 0.1) is 0 Å². The van der Waals surface area contributed by atoms with E-state index >= 15 is 0 Å². The fourth-order valence-electron chi connectivity index (χ4n) is 1.65. The summed E-state index contributed by atoms with van der Waals surface area (Å²) < 4.78 is 0. The minimum absolute atomic E-state index is 0.211. The number of isothiocyanates is 1. The molecule has 5 heteroatoms. The van der Waals surface area contributed by atoms with Crippen LogP contribution in [0.1, 0.15) is 33.1 Å². The maximum Gasteiger partial charge on any atom is 0.151 e. The Labute approximate surface area is 114 Å². The Hall–Kier alpha value is -1.32. The summed E-state index contributed by atoms with van der Waals surface area (Å²) in [4.78, 5) is 6.33. The van der Waals surface area contributed by atoms with Crippen molar-refractivity contribution >= 4 is 23.2 Å². The van der Waals surface area contributed by atoms with E-state index in [0.717, 1.165) is 31.7 Å². The smallest absolute Gasteiger partial charge is 0.151 e. The Morgan fingerprint density at radius 3 is 2.94 bits per heavy atom. The van der Waals surface area contributed by atoms with Crippen LogP contribution in [0.15, 0.2) is 23.3 Å². The molecule has 0 aliphatic rings. The van der Waals surface area contributed by atoms with Crippen molar-refractivity contribution < 1.29 is 0 Å². The number of thiocarbonyl (C=S) groups is 1. The summed E-state index contributed by atoms with van der Waals surface area (Å²) in [5.74, 6) is 0.935. The molecule has 0 amide bonds. The molecule has 0 aliphatic heterocycles. The van der Waals surface area contributed by atoms with Gasteiger partial charge in [-0.3, -0.25) is 0 Å². The molecule has 98 valence electrons. The summed E-state index contributed by atoms with van der Waals surface area (Å²) >= 11 is 4.62. The highest BCUT2D eigenvalue weighted by Gasteiger charge is 2.09. The molecule has 18 heavy (non-hydrogen) atoms. The lowest BCUT2D eigenvalue weighted by Crippen LogP contribution is -2.28. The van der Waals surface area contributed by atoms with E-state index in [1.54, 1.807) is 6.20 Å². The van der Waals surface area contributed by atoms with Crippen molar-refractivity contribution in [1.82, 2.24) is 10.2 Å². The summed E-state index contributed by atoms with van der Waals surface area (Å²) in [7, 11) is 0. The number of unbranched alkanes of at least 4 members (excludes halogenated alkanes) is 1. The van der Waals surface area contributed by atoms with Crippen molar-refractivity contribution in [3.63, 3.8) is 0 Å². The number of hydrogen-bond acceptors (Lipinski definition) is 5. The molecule has 0 saturated carbocycles. The Morgan fingerprint density at radius 2 is 2.33 bits per heavy atom. The molecule has 1 rings (SSSR count). The number of anilines is 1. The lowest BCUT2D eigenvalue weighted by molar-refractivity contribution is 0.620. The van der Waals surface area contributed by atoms with Gasteiger partial charge >= 0.3 is 0 Å². The summed E-state index contributed by atoms with van der Waals surface area (Å²) in [6.45, 7) is 6.16. The quantitative estimate of drug-likeness (QED) is 0.535. The second-order valence-corrected chi connectivity index (χ2v) is 4.46. The Balaban J connectivity index is 2.58. The van der Waals surface area contributed by atoms with E-state index in [9.17, 15) is 0 Å². The molecule has 0 saturated heterocycles. The van der Waals surface area contributed by atoms with Crippen LogP contribution in [-0.4, -0.2) is 34.5 Å². The molecule has 1 heterocycles. The zero-order chi connectivity index (χ0) is 13.2. The molecule has 4 nitrogen and oxygen atoms in total. The lowest BCUT2D eigenvalue weighted by atomic mass is 10.2. The van der Waals surface area contributed by atoms with Gasteiger partial charge in [-0.1, -0.05) is 13.3 Å². The lowest BCUT2D eigenvalue weighted by Gasteiger charge is -2.23. The third-order valence-electron chi connectivity index (χ3n) is 2.75. The van der Waals surface area contributed by atoms with Crippen molar-refractivity contribution in [2.75, 3.05) is 18.0 Å². The largest absolute Gasteiger partial charge is 0.355 e. The Kier molecular flexibility index (Phi) is 7.14. The average Bonchev–Trinajstić information content (AvgIpc) is 2.40. The van der Waals surface area contributed by atoms with Crippen LogP contribution in [0.3, 0.4) is 0 Å². The van der Waals surface area contributed by atoms with Crippen LogP contribution in [0.4, 0.5) is 5.82 Å². The van der Waals surface area contributed by atoms with Crippen LogP contribution < -0.4 is 4.90 Å². The molecule has 0 aromatic carbocycles. The van der Waals surface area contributed by atoms with Gasteiger partial charge in [-0.15, -0.1) is 5.10 Å². The number of nitrogens with zero attached hydrogens (tertiary/aromatic N) is 4. The van der Waals surface area contributed by atoms with Crippen molar-refractivity contribution in [3.8, 4) is 0 Å². The molecule has 0 spiro atoms. The van der Waals surface area contributed by atoms with E-state index in [2.05, 4.69) is 44.4 Å². The first kappa shape index (κ1) is 14.7. The maximum atomic E-state index is 4.62. The zero-order valence-corrected chi connectivity index (χ0v) is 11.9. The number of aromatic nitrogens is 2. The molecule has 1 aromatic heterocycles. The van der Waals surface area contributed by atoms with E-state index in [1.165, 1.54) is 6.42 Å². The number of rotatable bonds is 8. The first-order valence-electron chi connectivity index (χ1n) is 6.37. The third-order valence-corrected chi connectivity index (χ3v) is 2.86. The van der Waals surface area contributed by atoms with Gasteiger partial charge in [0.2, 0.25) is 0 Å². The van der Waals surface area contributed by atoms with Crippen LogP contribution in [0.2, 0.25) is 0 Å². The molecule has 0 bridgehead atoms. The van der Waals surface area contributed by atoms with Crippen molar-refractivity contribution in [3.05, 3.63) is 18.3 Å². The van der Waals surface area contributed by atoms with Gasteiger partial charge in [0.1, 0.15) is 0 Å². The normalized spacial score (nSPS) is 11.7.